The Morgan fingerprint density at radius 2 is 2.00 bits per heavy atom. The Morgan fingerprint density at radius 3 is 2.64 bits per heavy atom. The van der Waals surface area contributed by atoms with Gasteiger partial charge in [-0.3, -0.25) is 9.88 Å². The summed E-state index contributed by atoms with van der Waals surface area (Å²) in [5, 5.41) is 17.8. The molecule has 0 radical (unpaired) electrons. The highest BCUT2D eigenvalue weighted by Crippen LogP contribution is 2.29. The van der Waals surface area contributed by atoms with Crippen LogP contribution in [0.5, 0.6) is 0 Å². The fourth-order valence-corrected chi connectivity index (χ4v) is 3.13. The number of aryl methyl sites for hydroxylation is 1. The Bertz CT molecular complexity index is 1080. The summed E-state index contributed by atoms with van der Waals surface area (Å²) >= 11 is 0. The van der Waals surface area contributed by atoms with Crippen molar-refractivity contribution in [1.82, 2.24) is 25.0 Å². The van der Waals surface area contributed by atoms with Gasteiger partial charge < -0.3 is 15.7 Å². The molecule has 3 aromatic rings. The van der Waals surface area contributed by atoms with Crippen LogP contribution in [0.1, 0.15) is 22.6 Å². The standard InChI is InChI=1S/C22H25F3N6O2/c1-15-4-3-5-18(10-15)31-19(11-20(29-31)22(23,24)25)13-27-21(33)28-16-6-7-17(26-12-16)14-30(2)8-9-32/h3-7,10-12,32H,8-9,13-14H2,1-2H3,(H2,27,28,33). The number of nitrogens with zero attached hydrogens (tertiary/aromatic N) is 4. The van der Waals surface area contributed by atoms with E-state index in [1.165, 1.54) is 10.9 Å². The van der Waals surface area contributed by atoms with Gasteiger partial charge in [0.1, 0.15) is 0 Å². The van der Waals surface area contributed by atoms with Crippen LogP contribution in [0.25, 0.3) is 5.69 Å². The van der Waals surface area contributed by atoms with Crippen molar-refractivity contribution in [1.29, 1.82) is 0 Å². The van der Waals surface area contributed by atoms with Gasteiger partial charge in [-0.1, -0.05) is 12.1 Å². The molecule has 11 heteroatoms. The summed E-state index contributed by atoms with van der Waals surface area (Å²) < 4.78 is 40.8. The van der Waals surface area contributed by atoms with E-state index in [2.05, 4.69) is 20.7 Å². The first kappa shape index (κ1) is 24.2. The number of benzene rings is 1. The molecule has 1 aromatic carbocycles. The number of rotatable bonds is 8. The maximum atomic E-state index is 13.2. The van der Waals surface area contributed by atoms with Crippen LogP contribution in [0.15, 0.2) is 48.7 Å². The second-order valence-corrected chi connectivity index (χ2v) is 7.58. The van der Waals surface area contributed by atoms with Crippen molar-refractivity contribution in [2.24, 2.45) is 0 Å². The molecule has 2 heterocycles. The maximum Gasteiger partial charge on any atom is 0.435 e. The molecular formula is C22H25F3N6O2. The van der Waals surface area contributed by atoms with Crippen molar-refractivity contribution < 1.29 is 23.1 Å². The third-order valence-electron chi connectivity index (χ3n) is 4.75. The lowest BCUT2D eigenvalue weighted by molar-refractivity contribution is -0.141. The molecule has 0 spiro atoms. The second-order valence-electron chi connectivity index (χ2n) is 7.58. The Morgan fingerprint density at radius 1 is 1.21 bits per heavy atom. The number of halogens is 3. The van der Waals surface area contributed by atoms with E-state index in [0.29, 0.717) is 24.5 Å². The summed E-state index contributed by atoms with van der Waals surface area (Å²) in [7, 11) is 1.85. The molecule has 2 amide bonds. The molecule has 0 fully saturated rings. The summed E-state index contributed by atoms with van der Waals surface area (Å²) in [5.74, 6) is 0. The third kappa shape index (κ3) is 6.77. The van der Waals surface area contributed by atoms with Gasteiger partial charge in [-0.25, -0.2) is 9.48 Å². The molecule has 8 nitrogen and oxygen atoms in total. The molecule has 33 heavy (non-hydrogen) atoms. The number of aliphatic hydroxyl groups is 1. The molecule has 2 aromatic heterocycles. The fraction of sp³-hybridized carbons (Fsp3) is 0.318. The first-order chi connectivity index (χ1) is 15.7. The van der Waals surface area contributed by atoms with E-state index in [0.717, 1.165) is 17.3 Å². The average Bonchev–Trinajstić information content (AvgIpc) is 3.19. The van der Waals surface area contributed by atoms with Gasteiger partial charge in [0.25, 0.3) is 0 Å². The molecule has 3 N–H and O–H groups in total. The number of aliphatic hydroxyl groups excluding tert-OH is 1. The van der Waals surface area contributed by atoms with Crippen molar-refractivity contribution in [3.05, 3.63) is 71.3 Å². The SMILES string of the molecule is Cc1cccc(-n2nc(C(F)(F)F)cc2CNC(=O)Nc2ccc(CN(C)CCO)nc2)c1. The summed E-state index contributed by atoms with van der Waals surface area (Å²) in [5.41, 5.74) is 1.68. The number of urea groups is 1. The summed E-state index contributed by atoms with van der Waals surface area (Å²) in [4.78, 5) is 18.5. The normalized spacial score (nSPS) is 11.6. The number of likely N-dealkylation sites (N-methyl/N-ethyl adjacent to an activating group) is 1. The number of hydrogen-bond acceptors (Lipinski definition) is 5. The van der Waals surface area contributed by atoms with Crippen LogP contribution in [0.3, 0.4) is 0 Å². The summed E-state index contributed by atoms with van der Waals surface area (Å²) in [6.45, 7) is 2.76. The molecule has 0 unspecified atom stereocenters. The van der Waals surface area contributed by atoms with Crippen LogP contribution in [-0.2, 0) is 19.3 Å². The number of carbonyl (C=O) groups is 1. The van der Waals surface area contributed by atoms with E-state index in [4.69, 9.17) is 5.11 Å². The molecule has 0 aliphatic rings. The van der Waals surface area contributed by atoms with E-state index in [1.54, 1.807) is 30.3 Å². The molecule has 0 aliphatic heterocycles. The largest absolute Gasteiger partial charge is 0.435 e. The predicted octanol–water partition coefficient (Wildman–Crippen LogP) is 3.34. The number of amides is 2. The fourth-order valence-electron chi connectivity index (χ4n) is 3.13. The lowest BCUT2D eigenvalue weighted by Crippen LogP contribution is -2.29. The van der Waals surface area contributed by atoms with Gasteiger partial charge in [-0.05, 0) is 49.9 Å². The number of alkyl halides is 3. The second kappa shape index (κ2) is 10.5. The van der Waals surface area contributed by atoms with Gasteiger partial charge in [-0.2, -0.15) is 18.3 Å². The van der Waals surface area contributed by atoms with Crippen molar-refractivity contribution in [2.75, 3.05) is 25.5 Å². The van der Waals surface area contributed by atoms with E-state index in [-0.39, 0.29) is 18.8 Å². The van der Waals surface area contributed by atoms with E-state index >= 15 is 0 Å². The van der Waals surface area contributed by atoms with Crippen LogP contribution in [0.4, 0.5) is 23.7 Å². The number of pyridine rings is 1. The van der Waals surface area contributed by atoms with Gasteiger partial charge in [0.05, 0.1) is 42.1 Å². The average molecular weight is 462 g/mol. The highest BCUT2D eigenvalue weighted by molar-refractivity contribution is 5.88. The van der Waals surface area contributed by atoms with E-state index in [9.17, 15) is 18.0 Å². The quantitative estimate of drug-likeness (QED) is 0.477. The molecule has 0 aliphatic carbocycles. The van der Waals surface area contributed by atoms with Crippen molar-refractivity contribution in [2.45, 2.75) is 26.2 Å². The first-order valence-electron chi connectivity index (χ1n) is 10.2. The van der Waals surface area contributed by atoms with Crippen molar-refractivity contribution in [3.8, 4) is 5.69 Å². The molecule has 0 atom stereocenters. The number of carbonyl (C=O) groups excluding carboxylic acids is 1. The van der Waals surface area contributed by atoms with Gasteiger partial charge in [0, 0.05) is 13.1 Å². The Labute approximate surface area is 189 Å². The topological polar surface area (TPSA) is 95.3 Å². The lowest BCUT2D eigenvalue weighted by Gasteiger charge is -2.14. The Kier molecular flexibility index (Phi) is 7.67. The Hall–Kier alpha value is -3.44. The van der Waals surface area contributed by atoms with E-state index in [1.807, 2.05) is 24.9 Å². The van der Waals surface area contributed by atoms with E-state index < -0.39 is 17.9 Å². The zero-order chi connectivity index (χ0) is 24.0. The number of nitrogens with one attached hydrogen (secondary N) is 2. The van der Waals surface area contributed by atoms with Crippen molar-refractivity contribution >= 4 is 11.7 Å². The molecule has 0 saturated heterocycles. The molecule has 0 bridgehead atoms. The van der Waals surface area contributed by atoms with Gasteiger partial charge >= 0.3 is 12.2 Å². The van der Waals surface area contributed by atoms with Crippen LogP contribution in [0, 0.1) is 6.92 Å². The highest BCUT2D eigenvalue weighted by atomic mass is 19.4. The van der Waals surface area contributed by atoms with Crippen LogP contribution in [0.2, 0.25) is 0 Å². The van der Waals surface area contributed by atoms with Crippen LogP contribution in [-0.4, -0.2) is 51.0 Å². The Balaban J connectivity index is 1.66. The molecular weight excluding hydrogens is 437 g/mol. The number of hydrogen-bond donors (Lipinski definition) is 3. The van der Waals surface area contributed by atoms with Gasteiger partial charge in [-0.15, -0.1) is 0 Å². The number of aromatic nitrogens is 3. The van der Waals surface area contributed by atoms with Crippen LogP contribution < -0.4 is 10.6 Å². The maximum absolute atomic E-state index is 13.2. The first-order valence-corrected chi connectivity index (χ1v) is 10.2. The third-order valence-corrected chi connectivity index (χ3v) is 4.75. The minimum absolute atomic E-state index is 0.0452. The van der Waals surface area contributed by atoms with Crippen molar-refractivity contribution in [3.63, 3.8) is 0 Å². The molecule has 3 rings (SSSR count). The molecule has 176 valence electrons. The monoisotopic (exact) mass is 462 g/mol. The molecule has 0 saturated carbocycles. The number of anilines is 1. The van der Waals surface area contributed by atoms with Gasteiger partial charge in [0.2, 0.25) is 0 Å². The lowest BCUT2D eigenvalue weighted by atomic mass is 10.2. The van der Waals surface area contributed by atoms with Crippen LogP contribution >= 0.6 is 0 Å². The minimum Gasteiger partial charge on any atom is -0.395 e. The summed E-state index contributed by atoms with van der Waals surface area (Å²) in [6, 6.07) is 10.7. The highest BCUT2D eigenvalue weighted by Gasteiger charge is 2.35. The predicted molar refractivity (Wildman–Crippen MR) is 117 cm³/mol. The van der Waals surface area contributed by atoms with Gasteiger partial charge in [0.15, 0.2) is 5.69 Å². The minimum atomic E-state index is -4.61. The zero-order valence-electron chi connectivity index (χ0n) is 18.2. The summed E-state index contributed by atoms with van der Waals surface area (Å²) in [6.07, 6.45) is -3.12. The smallest absolute Gasteiger partial charge is 0.395 e. The zero-order valence-corrected chi connectivity index (χ0v) is 18.2.